The molecule has 0 saturated carbocycles. The maximum Gasteiger partial charge on any atom is 0.0276 e. The molecule has 0 fully saturated rings. The Morgan fingerprint density at radius 1 is 0.370 bits per heavy atom. The molecule has 0 N–H and O–H groups in total. The Bertz CT molecular complexity index is 4590. The lowest BCUT2D eigenvalue weighted by Gasteiger charge is -2.30. The van der Waals surface area contributed by atoms with Gasteiger partial charge in [-0.1, -0.05) is 232 Å². The Morgan fingerprint density at radius 3 is 1.58 bits per heavy atom. The highest BCUT2D eigenvalue weighted by Gasteiger charge is 2.36. The van der Waals surface area contributed by atoms with Gasteiger partial charge in [0.2, 0.25) is 0 Å². The quantitative estimate of drug-likeness (QED) is 0.151. The average molecular weight is 925 g/mol. The summed E-state index contributed by atoms with van der Waals surface area (Å²) in [4.78, 5) is 0. The van der Waals surface area contributed by atoms with Crippen LogP contribution < -0.4 is 0 Å². The van der Waals surface area contributed by atoms with Crippen molar-refractivity contribution in [3.05, 3.63) is 264 Å². The van der Waals surface area contributed by atoms with Crippen molar-refractivity contribution in [2.45, 2.75) is 31.6 Å². The minimum absolute atomic E-state index is 0.166. The fraction of sp³-hybridized carbons (Fsp3) is 0.0685. The molecular weight excluding hydrogens is 877 g/mol. The van der Waals surface area contributed by atoms with E-state index in [0.29, 0.717) is 0 Å². The van der Waals surface area contributed by atoms with Gasteiger partial charge in [0.15, 0.2) is 0 Å². The second-order valence-electron chi connectivity index (χ2n) is 21.5. The summed E-state index contributed by atoms with van der Waals surface area (Å²) in [7, 11) is 0. The lowest BCUT2D eigenvalue weighted by atomic mass is 9.73. The third-order valence-corrected chi connectivity index (χ3v) is 17.3. The van der Waals surface area contributed by atoms with Crippen molar-refractivity contribution in [3.8, 4) is 55.6 Å². The largest absolute Gasteiger partial charge is 0.0753 e. The first-order chi connectivity index (χ1) is 35.9. The molecule has 0 heterocycles. The van der Waals surface area contributed by atoms with Crippen molar-refractivity contribution < 1.29 is 0 Å². The summed E-state index contributed by atoms with van der Waals surface area (Å²) in [6.45, 7) is 4.83. The topological polar surface area (TPSA) is 0 Å². The monoisotopic (exact) mass is 924 g/mol. The van der Waals surface area contributed by atoms with E-state index in [1.54, 1.807) is 0 Å². The van der Waals surface area contributed by atoms with E-state index in [9.17, 15) is 0 Å². The molecule has 3 aliphatic carbocycles. The van der Waals surface area contributed by atoms with Gasteiger partial charge in [0.05, 0.1) is 0 Å². The van der Waals surface area contributed by atoms with E-state index in [-0.39, 0.29) is 11.3 Å². The molecule has 0 bridgehead atoms. The lowest BCUT2D eigenvalue weighted by molar-refractivity contribution is 0.661. The molecule has 340 valence electrons. The summed E-state index contributed by atoms with van der Waals surface area (Å²) in [5, 5.41) is 15.7. The number of hydrogen-bond acceptors (Lipinski definition) is 0. The number of hydrogen-bond donors (Lipinski definition) is 0. The van der Waals surface area contributed by atoms with Gasteiger partial charge in [-0.25, -0.2) is 0 Å². The van der Waals surface area contributed by atoms with Gasteiger partial charge in [-0.15, -0.1) is 0 Å². The number of allylic oxidation sites excluding steroid dienone is 3. The molecule has 0 radical (unpaired) electrons. The molecule has 1 unspecified atom stereocenters. The van der Waals surface area contributed by atoms with Crippen molar-refractivity contribution in [2.24, 2.45) is 0 Å². The minimum atomic E-state index is -0.166. The van der Waals surface area contributed by atoms with Gasteiger partial charge >= 0.3 is 0 Å². The van der Waals surface area contributed by atoms with E-state index in [1.807, 2.05) is 0 Å². The van der Waals surface area contributed by atoms with Crippen molar-refractivity contribution in [3.63, 3.8) is 0 Å². The predicted octanol–water partition coefficient (Wildman–Crippen LogP) is 19.8. The van der Waals surface area contributed by atoms with Crippen molar-refractivity contribution in [1.82, 2.24) is 0 Å². The van der Waals surface area contributed by atoms with Crippen LogP contribution in [0.1, 0.15) is 53.1 Å². The average Bonchev–Trinajstić information content (AvgIpc) is 3.67. The second kappa shape index (κ2) is 15.1. The van der Waals surface area contributed by atoms with Crippen LogP contribution in [0.3, 0.4) is 0 Å². The van der Waals surface area contributed by atoms with Crippen LogP contribution in [0.25, 0.3) is 132 Å². The van der Waals surface area contributed by atoms with Gasteiger partial charge in [-0.05, 0) is 184 Å². The third-order valence-electron chi connectivity index (χ3n) is 17.3. The highest BCUT2D eigenvalue weighted by Crippen LogP contribution is 2.53. The zero-order valence-corrected chi connectivity index (χ0v) is 40.8. The van der Waals surface area contributed by atoms with Gasteiger partial charge in [-0.2, -0.15) is 0 Å². The Kier molecular flexibility index (Phi) is 8.44. The smallest absolute Gasteiger partial charge is 0.0276 e. The lowest BCUT2D eigenvalue weighted by Crippen LogP contribution is -2.15. The van der Waals surface area contributed by atoms with Crippen LogP contribution in [0, 0.1) is 0 Å². The van der Waals surface area contributed by atoms with E-state index in [0.717, 1.165) is 6.42 Å². The molecule has 0 saturated heterocycles. The van der Waals surface area contributed by atoms with Gasteiger partial charge in [-0.3, -0.25) is 0 Å². The van der Waals surface area contributed by atoms with Gasteiger partial charge < -0.3 is 0 Å². The molecular formula is C73H48. The zero-order valence-electron chi connectivity index (χ0n) is 40.8. The van der Waals surface area contributed by atoms with Crippen LogP contribution in [0.2, 0.25) is 0 Å². The maximum atomic E-state index is 2.50. The van der Waals surface area contributed by atoms with Crippen LogP contribution in [0.4, 0.5) is 0 Å². The number of rotatable bonds is 5. The molecule has 0 heteroatoms. The highest BCUT2D eigenvalue weighted by atomic mass is 14.4. The van der Waals surface area contributed by atoms with Gasteiger partial charge in [0.25, 0.3) is 0 Å². The van der Waals surface area contributed by atoms with E-state index >= 15 is 0 Å². The summed E-state index contributed by atoms with van der Waals surface area (Å²) < 4.78 is 0. The normalized spacial score (nSPS) is 15.2. The third kappa shape index (κ3) is 5.96. The summed E-state index contributed by atoms with van der Waals surface area (Å²) in [6.07, 6.45) is 8.22. The molecule has 0 spiro atoms. The molecule has 73 heavy (non-hydrogen) atoms. The molecule has 13 aromatic rings. The van der Waals surface area contributed by atoms with E-state index in [1.165, 1.54) is 159 Å². The molecule has 0 nitrogen and oxygen atoms in total. The van der Waals surface area contributed by atoms with E-state index < -0.39 is 0 Å². The Hall–Kier alpha value is -8.84. The number of fused-ring (bicyclic) bond motifs is 5. The fourth-order valence-electron chi connectivity index (χ4n) is 13.6. The first kappa shape index (κ1) is 40.8. The molecule has 0 amide bonds. The van der Waals surface area contributed by atoms with E-state index in [4.69, 9.17) is 0 Å². The molecule has 0 aromatic heterocycles. The summed E-state index contributed by atoms with van der Waals surface area (Å²) >= 11 is 0. The van der Waals surface area contributed by atoms with Crippen LogP contribution in [-0.2, 0) is 11.8 Å². The van der Waals surface area contributed by atoms with E-state index in [2.05, 4.69) is 250 Å². The SMILES string of the molecule is CC1(C)c2cc(-c3ccc(-c4ccc5ccc6c(-c7ccc8ccccc8c7)ccc7ccc4c5c76)cc3)ccc2-c2ccc(-c3ccc4c5c6c(ccc35)C=CC(c3ccc5ccccc5c3)C6=CC4)cc21. The summed E-state index contributed by atoms with van der Waals surface area (Å²) in [5.74, 6) is 0.234. The minimum Gasteiger partial charge on any atom is -0.0753 e. The van der Waals surface area contributed by atoms with Crippen molar-refractivity contribution in [2.75, 3.05) is 0 Å². The van der Waals surface area contributed by atoms with Gasteiger partial charge in [0.1, 0.15) is 0 Å². The summed E-state index contributed by atoms with van der Waals surface area (Å²) in [6, 6.07) is 83.0. The number of benzene rings is 13. The molecule has 13 aromatic carbocycles. The molecule has 3 aliphatic rings. The Labute approximate surface area is 425 Å². The van der Waals surface area contributed by atoms with Crippen LogP contribution in [0.15, 0.2) is 231 Å². The molecule has 0 aliphatic heterocycles. The summed E-state index contributed by atoms with van der Waals surface area (Å²) in [5.41, 5.74) is 22.4. The second-order valence-corrected chi connectivity index (χ2v) is 21.5. The molecule has 1 atom stereocenters. The molecule has 16 rings (SSSR count). The zero-order chi connectivity index (χ0) is 48.1. The Balaban J connectivity index is 0.724. The first-order valence-electron chi connectivity index (χ1n) is 26.0. The standard InChI is InChI=1S/C73H48/c1-73(2)67-41-53(45-11-15-46(16-12-45)57-29-19-47-24-36-64-58(30-20-48-23-35-63(57)69(47)70(48)64)54-17-13-43-7-3-5-9-51(43)39-54)27-33-61(67)62-34-28-56(42-68(62)73)60-32-22-50-25-37-65-59(31-21-49-26-38-66(60)72(50)71(49)65)55-18-14-44-8-4-6-10-52(44)40-55/h3-24,26-42,59H,25H2,1-2H3. The van der Waals surface area contributed by atoms with Gasteiger partial charge in [0, 0.05) is 11.3 Å². The van der Waals surface area contributed by atoms with Crippen LogP contribution in [0.5, 0.6) is 0 Å². The Morgan fingerprint density at radius 2 is 0.863 bits per heavy atom. The van der Waals surface area contributed by atoms with Crippen LogP contribution in [-0.4, -0.2) is 0 Å². The predicted molar refractivity (Wildman–Crippen MR) is 312 cm³/mol. The van der Waals surface area contributed by atoms with Crippen LogP contribution >= 0.6 is 0 Å². The maximum absolute atomic E-state index is 2.50. The van der Waals surface area contributed by atoms with Crippen molar-refractivity contribution >= 4 is 76.3 Å². The first-order valence-corrected chi connectivity index (χ1v) is 26.0. The highest BCUT2D eigenvalue weighted by molar-refractivity contribution is 6.27. The van der Waals surface area contributed by atoms with Crippen molar-refractivity contribution in [1.29, 1.82) is 0 Å². The fourth-order valence-corrected chi connectivity index (χ4v) is 13.6.